The van der Waals surface area contributed by atoms with Crippen molar-refractivity contribution < 1.29 is 4.74 Å². The number of ether oxygens (including phenoxy) is 1. The van der Waals surface area contributed by atoms with E-state index in [2.05, 4.69) is 25.2 Å². The van der Waals surface area contributed by atoms with Gasteiger partial charge in [-0.3, -0.25) is 0 Å². The lowest BCUT2D eigenvalue weighted by Crippen LogP contribution is -2.23. The summed E-state index contributed by atoms with van der Waals surface area (Å²) in [4.78, 5) is 0. The fraction of sp³-hybridized carbons (Fsp3) is 0.467. The molecule has 0 fully saturated rings. The number of benzene rings is 1. The van der Waals surface area contributed by atoms with Crippen LogP contribution in [0.5, 0.6) is 0 Å². The van der Waals surface area contributed by atoms with Crippen molar-refractivity contribution in [3.63, 3.8) is 0 Å². The normalized spacial score (nSPS) is 12.2. The second kappa shape index (κ2) is 8.30. The summed E-state index contributed by atoms with van der Waals surface area (Å²) < 4.78 is 5.02. The Kier molecular flexibility index (Phi) is 7.02. The maximum absolute atomic E-state index is 6.17. The molecule has 0 bridgehead atoms. The van der Waals surface area contributed by atoms with Gasteiger partial charge in [-0.1, -0.05) is 55.3 Å². The summed E-state index contributed by atoms with van der Waals surface area (Å²) in [5.41, 5.74) is 2.43. The molecule has 0 radical (unpaired) electrons. The second-order valence-corrected chi connectivity index (χ2v) is 4.97. The molecule has 0 saturated heterocycles. The van der Waals surface area contributed by atoms with Crippen LogP contribution >= 0.6 is 11.6 Å². The van der Waals surface area contributed by atoms with E-state index in [1.807, 2.05) is 24.3 Å². The molecular weight excluding hydrogens is 246 g/mol. The van der Waals surface area contributed by atoms with Gasteiger partial charge < -0.3 is 10.1 Å². The zero-order chi connectivity index (χ0) is 13.4. The highest BCUT2D eigenvalue weighted by Gasteiger charge is 2.04. The van der Waals surface area contributed by atoms with Crippen LogP contribution in [0, 0.1) is 5.92 Å². The number of halogens is 1. The van der Waals surface area contributed by atoms with Crippen LogP contribution in [0.2, 0.25) is 5.02 Å². The first kappa shape index (κ1) is 15.2. The van der Waals surface area contributed by atoms with Crippen LogP contribution in [0.1, 0.15) is 19.4 Å². The number of rotatable bonds is 7. The summed E-state index contributed by atoms with van der Waals surface area (Å²) in [7, 11) is 1.71. The van der Waals surface area contributed by atoms with Crippen molar-refractivity contribution in [1.29, 1.82) is 0 Å². The maximum atomic E-state index is 6.17. The van der Waals surface area contributed by atoms with Crippen molar-refractivity contribution in [3.05, 3.63) is 40.4 Å². The highest BCUT2D eigenvalue weighted by atomic mass is 35.5. The highest BCUT2D eigenvalue weighted by molar-refractivity contribution is 6.32. The Balaban J connectivity index is 2.69. The predicted octanol–water partition coefficient (Wildman–Crippen LogP) is 3.62. The van der Waals surface area contributed by atoms with Gasteiger partial charge in [-0.15, -0.1) is 0 Å². The van der Waals surface area contributed by atoms with E-state index in [9.17, 15) is 0 Å². The number of methoxy groups -OCH3 is 1. The van der Waals surface area contributed by atoms with Gasteiger partial charge in [0.25, 0.3) is 0 Å². The Hall–Kier alpha value is -0.830. The first-order valence-electron chi connectivity index (χ1n) is 6.29. The average Bonchev–Trinajstić information content (AvgIpc) is 2.35. The molecular formula is C15H22ClNO. The molecule has 1 aromatic rings. The molecule has 0 aromatic heterocycles. The van der Waals surface area contributed by atoms with E-state index in [1.54, 1.807) is 7.11 Å². The predicted molar refractivity (Wildman–Crippen MR) is 79.0 cm³/mol. The van der Waals surface area contributed by atoms with Gasteiger partial charge in [0.1, 0.15) is 0 Å². The smallest absolute Gasteiger partial charge is 0.0587 e. The molecule has 18 heavy (non-hydrogen) atoms. The van der Waals surface area contributed by atoms with Crippen molar-refractivity contribution in [2.45, 2.75) is 13.8 Å². The van der Waals surface area contributed by atoms with Crippen molar-refractivity contribution >= 4 is 17.7 Å². The first-order chi connectivity index (χ1) is 8.65. The minimum atomic E-state index is 0.497. The second-order valence-electron chi connectivity index (χ2n) is 4.57. The lowest BCUT2D eigenvalue weighted by molar-refractivity contribution is 0.200. The third-order valence-electron chi connectivity index (χ3n) is 2.80. The molecule has 0 aliphatic carbocycles. The van der Waals surface area contributed by atoms with Crippen LogP contribution in [0.15, 0.2) is 29.8 Å². The summed E-state index contributed by atoms with van der Waals surface area (Å²) in [6.07, 6.45) is 2.17. The Morgan fingerprint density at radius 1 is 1.39 bits per heavy atom. The van der Waals surface area contributed by atoms with Crippen LogP contribution in [0.3, 0.4) is 0 Å². The van der Waals surface area contributed by atoms with Crippen molar-refractivity contribution in [3.8, 4) is 0 Å². The van der Waals surface area contributed by atoms with Crippen molar-refractivity contribution in [2.75, 3.05) is 26.8 Å². The summed E-state index contributed by atoms with van der Waals surface area (Å²) in [5, 5.41) is 4.17. The minimum Gasteiger partial charge on any atom is -0.383 e. The molecule has 0 amide bonds. The zero-order valence-electron chi connectivity index (χ0n) is 11.4. The molecule has 1 N–H and O–H groups in total. The number of hydrogen-bond acceptors (Lipinski definition) is 2. The molecule has 0 spiro atoms. The van der Waals surface area contributed by atoms with E-state index in [4.69, 9.17) is 16.3 Å². The van der Waals surface area contributed by atoms with Gasteiger partial charge in [-0.05, 0) is 17.5 Å². The third-order valence-corrected chi connectivity index (χ3v) is 3.14. The minimum absolute atomic E-state index is 0.497. The van der Waals surface area contributed by atoms with Gasteiger partial charge in [-0.25, -0.2) is 0 Å². The fourth-order valence-electron chi connectivity index (χ4n) is 1.62. The van der Waals surface area contributed by atoms with E-state index < -0.39 is 0 Å². The van der Waals surface area contributed by atoms with Crippen LogP contribution in [0.25, 0.3) is 6.08 Å². The van der Waals surface area contributed by atoms with E-state index in [-0.39, 0.29) is 0 Å². The van der Waals surface area contributed by atoms with Crippen LogP contribution < -0.4 is 5.32 Å². The van der Waals surface area contributed by atoms with E-state index in [1.165, 1.54) is 5.57 Å². The lowest BCUT2D eigenvalue weighted by atomic mass is 10.00. The Morgan fingerprint density at radius 3 is 2.72 bits per heavy atom. The fourth-order valence-corrected chi connectivity index (χ4v) is 1.81. The van der Waals surface area contributed by atoms with Gasteiger partial charge >= 0.3 is 0 Å². The molecule has 100 valence electrons. The number of hydrogen-bond donors (Lipinski definition) is 1. The Bertz CT molecular complexity index is 388. The molecule has 3 heteroatoms. The van der Waals surface area contributed by atoms with Gasteiger partial charge in [0, 0.05) is 25.2 Å². The number of nitrogens with one attached hydrogen (secondary N) is 1. The molecule has 0 atom stereocenters. The molecule has 0 saturated carbocycles. The van der Waals surface area contributed by atoms with Crippen molar-refractivity contribution in [1.82, 2.24) is 5.32 Å². The Labute approximate surface area is 115 Å². The van der Waals surface area contributed by atoms with Crippen LogP contribution in [-0.4, -0.2) is 26.8 Å². The molecule has 1 rings (SSSR count). The molecule has 2 nitrogen and oxygen atoms in total. The van der Waals surface area contributed by atoms with Gasteiger partial charge in [-0.2, -0.15) is 0 Å². The van der Waals surface area contributed by atoms with Crippen LogP contribution in [0.4, 0.5) is 0 Å². The van der Waals surface area contributed by atoms with Gasteiger partial charge in [0.2, 0.25) is 0 Å². The van der Waals surface area contributed by atoms with E-state index in [0.717, 1.165) is 30.3 Å². The monoisotopic (exact) mass is 267 g/mol. The Morgan fingerprint density at radius 2 is 2.11 bits per heavy atom. The largest absolute Gasteiger partial charge is 0.383 e. The maximum Gasteiger partial charge on any atom is 0.0587 e. The SMILES string of the molecule is COCCNCC(=Cc1ccccc1Cl)C(C)C. The molecule has 0 aliphatic rings. The summed E-state index contributed by atoms with van der Waals surface area (Å²) in [6.45, 7) is 6.86. The third kappa shape index (κ3) is 5.21. The summed E-state index contributed by atoms with van der Waals surface area (Å²) in [5.74, 6) is 0.497. The topological polar surface area (TPSA) is 21.3 Å². The molecule has 0 unspecified atom stereocenters. The quantitative estimate of drug-likeness (QED) is 0.762. The summed E-state index contributed by atoms with van der Waals surface area (Å²) >= 11 is 6.17. The summed E-state index contributed by atoms with van der Waals surface area (Å²) in [6, 6.07) is 7.92. The van der Waals surface area contributed by atoms with Crippen LogP contribution in [-0.2, 0) is 4.74 Å². The van der Waals surface area contributed by atoms with Gasteiger partial charge in [0.05, 0.1) is 6.61 Å². The standard InChI is InChI=1S/C15H22ClNO/c1-12(2)14(11-17-8-9-18-3)10-13-6-4-5-7-15(13)16/h4-7,10,12,17H,8-9,11H2,1-3H3. The molecule has 0 aliphatic heterocycles. The van der Waals surface area contributed by atoms with E-state index in [0.29, 0.717) is 5.92 Å². The van der Waals surface area contributed by atoms with E-state index >= 15 is 0 Å². The highest BCUT2D eigenvalue weighted by Crippen LogP contribution is 2.20. The molecule has 0 heterocycles. The molecule has 1 aromatic carbocycles. The zero-order valence-corrected chi connectivity index (χ0v) is 12.1. The van der Waals surface area contributed by atoms with Crippen molar-refractivity contribution in [2.24, 2.45) is 5.92 Å². The van der Waals surface area contributed by atoms with Gasteiger partial charge in [0.15, 0.2) is 0 Å². The lowest BCUT2D eigenvalue weighted by Gasteiger charge is -2.13. The average molecular weight is 268 g/mol. The first-order valence-corrected chi connectivity index (χ1v) is 6.67.